The second kappa shape index (κ2) is 6.67. The summed E-state index contributed by atoms with van der Waals surface area (Å²) in [5, 5.41) is 12.0. The van der Waals surface area contributed by atoms with Crippen LogP contribution >= 0.6 is 27.3 Å². The molecule has 3 rings (SSSR count). The molecule has 6 nitrogen and oxygen atoms in total. The monoisotopic (exact) mass is 370 g/mol. The molecule has 2 aromatic heterocycles. The van der Waals surface area contributed by atoms with Gasteiger partial charge in [0.05, 0.1) is 10.9 Å². The molecule has 0 aromatic carbocycles. The molecule has 1 atom stereocenters. The van der Waals surface area contributed by atoms with Crippen molar-refractivity contribution in [2.24, 2.45) is 0 Å². The van der Waals surface area contributed by atoms with Gasteiger partial charge in [-0.2, -0.15) is 4.98 Å². The summed E-state index contributed by atoms with van der Waals surface area (Å²) in [5.74, 6) is 1.17. The molecule has 1 saturated heterocycles. The van der Waals surface area contributed by atoms with Crippen LogP contribution in [-0.2, 0) is 11.2 Å². The molecule has 112 valence electrons. The van der Waals surface area contributed by atoms with Crippen molar-refractivity contribution >= 4 is 33.2 Å². The Morgan fingerprint density at radius 1 is 1.62 bits per heavy atom. The lowest BCUT2D eigenvalue weighted by atomic mass is 10.2. The molecule has 0 bridgehead atoms. The SMILES string of the molecule is O=C(NCCc1nc(-c2cc(Br)cs2)no1)C1CCCN1. The van der Waals surface area contributed by atoms with E-state index >= 15 is 0 Å². The average Bonchev–Trinajstić information content (AvgIpc) is 3.19. The fraction of sp³-hybridized carbons (Fsp3) is 0.462. The summed E-state index contributed by atoms with van der Waals surface area (Å²) in [7, 11) is 0. The van der Waals surface area contributed by atoms with Gasteiger partial charge in [-0.1, -0.05) is 5.16 Å². The molecule has 2 N–H and O–H groups in total. The Morgan fingerprint density at radius 2 is 2.52 bits per heavy atom. The fourth-order valence-corrected chi connectivity index (χ4v) is 3.56. The Balaban J connectivity index is 1.49. The van der Waals surface area contributed by atoms with Gasteiger partial charge in [0.1, 0.15) is 0 Å². The van der Waals surface area contributed by atoms with E-state index in [2.05, 4.69) is 36.7 Å². The summed E-state index contributed by atoms with van der Waals surface area (Å²) in [6.07, 6.45) is 2.50. The van der Waals surface area contributed by atoms with Crippen LogP contribution in [0.25, 0.3) is 10.7 Å². The predicted molar refractivity (Wildman–Crippen MR) is 83.0 cm³/mol. The number of rotatable bonds is 5. The number of carbonyl (C=O) groups excluding carboxylic acids is 1. The highest BCUT2D eigenvalue weighted by Gasteiger charge is 2.21. The van der Waals surface area contributed by atoms with E-state index in [1.165, 1.54) is 0 Å². The Morgan fingerprint density at radius 3 is 3.24 bits per heavy atom. The molecule has 1 aliphatic rings. The lowest BCUT2D eigenvalue weighted by molar-refractivity contribution is -0.122. The van der Waals surface area contributed by atoms with Crippen molar-refractivity contribution in [1.29, 1.82) is 0 Å². The summed E-state index contributed by atoms with van der Waals surface area (Å²) >= 11 is 4.95. The first-order valence-corrected chi connectivity index (χ1v) is 8.48. The van der Waals surface area contributed by atoms with Crippen LogP contribution in [0.2, 0.25) is 0 Å². The van der Waals surface area contributed by atoms with E-state index in [0.717, 1.165) is 28.7 Å². The van der Waals surface area contributed by atoms with Crippen LogP contribution in [0.15, 0.2) is 20.4 Å². The number of thiophene rings is 1. The third-order valence-electron chi connectivity index (χ3n) is 3.27. The van der Waals surface area contributed by atoms with E-state index in [4.69, 9.17) is 4.52 Å². The molecule has 0 saturated carbocycles. The van der Waals surface area contributed by atoms with E-state index in [1.807, 2.05) is 11.4 Å². The molecule has 0 spiro atoms. The van der Waals surface area contributed by atoms with E-state index in [9.17, 15) is 4.79 Å². The van der Waals surface area contributed by atoms with E-state index in [1.54, 1.807) is 11.3 Å². The van der Waals surface area contributed by atoms with Crippen molar-refractivity contribution in [3.8, 4) is 10.7 Å². The van der Waals surface area contributed by atoms with Crippen molar-refractivity contribution in [1.82, 2.24) is 20.8 Å². The van der Waals surface area contributed by atoms with Gasteiger partial charge in [0.25, 0.3) is 0 Å². The number of hydrogen-bond acceptors (Lipinski definition) is 6. The molecule has 8 heteroatoms. The Hall–Kier alpha value is -1.25. The lowest BCUT2D eigenvalue weighted by Gasteiger charge is -2.09. The predicted octanol–water partition coefficient (Wildman–Crippen LogP) is 1.97. The van der Waals surface area contributed by atoms with Gasteiger partial charge in [-0.15, -0.1) is 11.3 Å². The van der Waals surface area contributed by atoms with Crippen LogP contribution in [-0.4, -0.2) is 35.2 Å². The van der Waals surface area contributed by atoms with Crippen LogP contribution in [0.3, 0.4) is 0 Å². The number of aromatic nitrogens is 2. The topological polar surface area (TPSA) is 80.1 Å². The highest BCUT2D eigenvalue weighted by Crippen LogP contribution is 2.27. The molecule has 0 aliphatic carbocycles. The van der Waals surface area contributed by atoms with E-state index in [0.29, 0.717) is 24.7 Å². The highest BCUT2D eigenvalue weighted by molar-refractivity contribution is 9.10. The second-order valence-electron chi connectivity index (χ2n) is 4.83. The fourth-order valence-electron chi connectivity index (χ4n) is 2.21. The molecule has 1 fully saturated rings. The van der Waals surface area contributed by atoms with Crippen molar-refractivity contribution in [3.05, 3.63) is 21.8 Å². The third-order valence-corrected chi connectivity index (χ3v) is 4.96. The zero-order chi connectivity index (χ0) is 14.7. The van der Waals surface area contributed by atoms with Gasteiger partial charge in [-0.05, 0) is 41.4 Å². The third kappa shape index (κ3) is 3.69. The minimum absolute atomic E-state index is 0.0493. The number of amides is 1. The van der Waals surface area contributed by atoms with E-state index in [-0.39, 0.29) is 11.9 Å². The van der Waals surface area contributed by atoms with Gasteiger partial charge in [0.2, 0.25) is 17.6 Å². The quantitative estimate of drug-likeness (QED) is 0.840. The standard InChI is InChI=1S/C13H15BrN4O2S/c14-8-6-10(21-7-8)12-17-11(20-18-12)3-5-16-13(19)9-2-1-4-15-9/h6-7,9,15H,1-5H2,(H,16,19). The Bertz CT molecular complexity index is 621. The number of halogens is 1. The Kier molecular flexibility index (Phi) is 4.67. The van der Waals surface area contributed by atoms with Crippen LogP contribution < -0.4 is 10.6 Å². The molecule has 1 unspecified atom stereocenters. The zero-order valence-electron chi connectivity index (χ0n) is 11.3. The van der Waals surface area contributed by atoms with E-state index < -0.39 is 0 Å². The van der Waals surface area contributed by atoms with Gasteiger partial charge < -0.3 is 15.2 Å². The molecular weight excluding hydrogens is 356 g/mol. The number of nitrogens with zero attached hydrogens (tertiary/aromatic N) is 2. The van der Waals surface area contributed by atoms with Gasteiger partial charge in [-0.3, -0.25) is 4.79 Å². The van der Waals surface area contributed by atoms with Crippen LogP contribution in [0.4, 0.5) is 0 Å². The molecule has 2 aromatic rings. The maximum Gasteiger partial charge on any atom is 0.237 e. The average molecular weight is 371 g/mol. The molecule has 1 amide bonds. The maximum absolute atomic E-state index is 11.8. The van der Waals surface area contributed by atoms with Crippen molar-refractivity contribution < 1.29 is 9.32 Å². The molecular formula is C13H15BrN4O2S. The summed E-state index contributed by atoms with van der Waals surface area (Å²) in [5.41, 5.74) is 0. The first-order chi connectivity index (χ1) is 10.2. The number of nitrogens with one attached hydrogen (secondary N) is 2. The minimum atomic E-state index is -0.0493. The smallest absolute Gasteiger partial charge is 0.237 e. The summed E-state index contributed by atoms with van der Waals surface area (Å²) in [6.45, 7) is 1.42. The van der Waals surface area contributed by atoms with Crippen LogP contribution in [0, 0.1) is 0 Å². The van der Waals surface area contributed by atoms with Crippen molar-refractivity contribution in [3.63, 3.8) is 0 Å². The molecule has 3 heterocycles. The van der Waals surface area contributed by atoms with Gasteiger partial charge in [-0.25, -0.2) is 0 Å². The number of carbonyl (C=O) groups is 1. The van der Waals surface area contributed by atoms with Crippen LogP contribution in [0.5, 0.6) is 0 Å². The van der Waals surface area contributed by atoms with Gasteiger partial charge in [0, 0.05) is 22.8 Å². The minimum Gasteiger partial charge on any atom is -0.354 e. The Labute approximate surface area is 134 Å². The number of hydrogen-bond donors (Lipinski definition) is 2. The molecule has 1 aliphatic heterocycles. The van der Waals surface area contributed by atoms with Crippen molar-refractivity contribution in [2.75, 3.05) is 13.1 Å². The summed E-state index contributed by atoms with van der Waals surface area (Å²) in [6, 6.07) is 1.90. The maximum atomic E-state index is 11.8. The second-order valence-corrected chi connectivity index (χ2v) is 6.66. The lowest BCUT2D eigenvalue weighted by Crippen LogP contribution is -2.41. The van der Waals surface area contributed by atoms with Crippen molar-refractivity contribution in [2.45, 2.75) is 25.3 Å². The normalized spacial score (nSPS) is 18.0. The molecule has 21 heavy (non-hydrogen) atoms. The first kappa shape index (κ1) is 14.7. The molecule has 0 radical (unpaired) electrons. The summed E-state index contributed by atoms with van der Waals surface area (Å²) in [4.78, 5) is 17.1. The first-order valence-electron chi connectivity index (χ1n) is 6.80. The summed E-state index contributed by atoms with van der Waals surface area (Å²) < 4.78 is 6.20. The highest BCUT2D eigenvalue weighted by atomic mass is 79.9. The zero-order valence-corrected chi connectivity index (χ0v) is 13.7. The van der Waals surface area contributed by atoms with Gasteiger partial charge in [0.15, 0.2) is 0 Å². The largest absolute Gasteiger partial charge is 0.354 e. The van der Waals surface area contributed by atoms with Gasteiger partial charge >= 0.3 is 0 Å². The van der Waals surface area contributed by atoms with Crippen LogP contribution in [0.1, 0.15) is 18.7 Å².